The quantitative estimate of drug-likeness (QED) is 0.318. The molecule has 2 heterocycles. The normalized spacial score (nSPS) is 15.7. The molecule has 8 nitrogen and oxygen atoms in total. The number of guanidine groups is 1. The van der Waals surface area contributed by atoms with Crippen LogP contribution < -0.4 is 10.6 Å². The van der Waals surface area contributed by atoms with E-state index in [-0.39, 0.29) is 24.0 Å². The predicted octanol–water partition coefficient (Wildman–Crippen LogP) is 0.736. The van der Waals surface area contributed by atoms with Gasteiger partial charge in [-0.05, 0) is 6.42 Å². The van der Waals surface area contributed by atoms with Gasteiger partial charge >= 0.3 is 0 Å². The molecule has 1 aliphatic rings. The maximum atomic E-state index is 5.38. The lowest BCUT2D eigenvalue weighted by Gasteiger charge is -2.26. The van der Waals surface area contributed by atoms with E-state index in [1.54, 1.807) is 6.33 Å². The van der Waals surface area contributed by atoms with Gasteiger partial charge < -0.3 is 19.9 Å². The van der Waals surface area contributed by atoms with E-state index >= 15 is 0 Å². The molecule has 0 unspecified atom stereocenters. The van der Waals surface area contributed by atoms with Crippen LogP contribution in [0.5, 0.6) is 0 Å². The molecule has 0 aromatic carbocycles. The van der Waals surface area contributed by atoms with Crippen LogP contribution >= 0.6 is 24.0 Å². The molecule has 25 heavy (non-hydrogen) atoms. The number of ether oxygens (including phenoxy) is 1. The van der Waals surface area contributed by atoms with Crippen molar-refractivity contribution in [3.63, 3.8) is 0 Å². The maximum absolute atomic E-state index is 5.38. The standard InChI is InChI=1S/C16H31N7O.HI/c1-3-5-17-16(18-6-8-22-10-12-24-13-11-22)19-7-9-23-14-20-21-15(23)4-2;/h14H,3-13H2,1-2H3,(H2,17,18,19);1H. The molecular weight excluding hydrogens is 433 g/mol. The highest BCUT2D eigenvalue weighted by molar-refractivity contribution is 14.0. The zero-order valence-corrected chi connectivity index (χ0v) is 17.7. The highest BCUT2D eigenvalue weighted by atomic mass is 127. The summed E-state index contributed by atoms with van der Waals surface area (Å²) in [6, 6.07) is 0. The number of nitrogens with zero attached hydrogens (tertiary/aromatic N) is 5. The minimum atomic E-state index is 0. The van der Waals surface area contributed by atoms with Crippen molar-refractivity contribution in [3.05, 3.63) is 12.2 Å². The Morgan fingerprint density at radius 2 is 1.92 bits per heavy atom. The van der Waals surface area contributed by atoms with Crippen molar-refractivity contribution in [2.75, 3.05) is 52.5 Å². The Balaban J connectivity index is 0.00000312. The molecular formula is C16H32IN7O. The molecule has 0 spiro atoms. The average molecular weight is 465 g/mol. The lowest BCUT2D eigenvalue weighted by Crippen LogP contribution is -2.45. The summed E-state index contributed by atoms with van der Waals surface area (Å²) in [7, 11) is 0. The fourth-order valence-electron chi connectivity index (χ4n) is 2.59. The van der Waals surface area contributed by atoms with Crippen molar-refractivity contribution < 1.29 is 4.74 Å². The Kier molecular flexibility index (Phi) is 11.7. The minimum Gasteiger partial charge on any atom is -0.379 e. The van der Waals surface area contributed by atoms with E-state index in [9.17, 15) is 0 Å². The van der Waals surface area contributed by atoms with Gasteiger partial charge in [0, 0.05) is 52.2 Å². The van der Waals surface area contributed by atoms with Gasteiger partial charge in [0.2, 0.25) is 0 Å². The minimum absolute atomic E-state index is 0. The summed E-state index contributed by atoms with van der Waals surface area (Å²) in [6.45, 7) is 12.3. The van der Waals surface area contributed by atoms with Crippen LogP contribution in [0.2, 0.25) is 0 Å². The summed E-state index contributed by atoms with van der Waals surface area (Å²) in [6.07, 6.45) is 3.73. The van der Waals surface area contributed by atoms with Crippen molar-refractivity contribution in [1.82, 2.24) is 30.3 Å². The first kappa shape index (κ1) is 22.1. The summed E-state index contributed by atoms with van der Waals surface area (Å²) < 4.78 is 7.46. The summed E-state index contributed by atoms with van der Waals surface area (Å²) in [5.74, 6) is 1.90. The molecule has 0 bridgehead atoms. The second kappa shape index (κ2) is 13.3. The topological polar surface area (TPSA) is 79.6 Å². The molecule has 0 atom stereocenters. The monoisotopic (exact) mass is 465 g/mol. The van der Waals surface area contributed by atoms with Gasteiger partial charge in [-0.2, -0.15) is 0 Å². The van der Waals surface area contributed by atoms with E-state index in [0.29, 0.717) is 0 Å². The third kappa shape index (κ3) is 8.32. The number of morpholine rings is 1. The van der Waals surface area contributed by atoms with Crippen molar-refractivity contribution >= 4 is 29.9 Å². The van der Waals surface area contributed by atoms with Crippen molar-refractivity contribution in [2.24, 2.45) is 4.99 Å². The van der Waals surface area contributed by atoms with Gasteiger partial charge in [0.15, 0.2) is 5.96 Å². The number of halogens is 1. The van der Waals surface area contributed by atoms with Crippen LogP contribution in [0.4, 0.5) is 0 Å². The Labute approximate surface area is 167 Å². The van der Waals surface area contributed by atoms with Crippen LogP contribution in [0.25, 0.3) is 0 Å². The first-order chi connectivity index (χ1) is 11.8. The fourth-order valence-corrected chi connectivity index (χ4v) is 2.59. The Morgan fingerprint density at radius 1 is 1.20 bits per heavy atom. The lowest BCUT2D eigenvalue weighted by atomic mass is 10.4. The van der Waals surface area contributed by atoms with Crippen LogP contribution in [0.15, 0.2) is 11.3 Å². The van der Waals surface area contributed by atoms with E-state index in [1.807, 2.05) is 0 Å². The first-order valence-electron chi connectivity index (χ1n) is 9.02. The van der Waals surface area contributed by atoms with E-state index in [0.717, 1.165) is 83.7 Å². The van der Waals surface area contributed by atoms with Crippen LogP contribution in [0.1, 0.15) is 26.1 Å². The molecule has 1 fully saturated rings. The van der Waals surface area contributed by atoms with Crippen molar-refractivity contribution in [1.29, 1.82) is 0 Å². The highest BCUT2D eigenvalue weighted by Crippen LogP contribution is 1.96. The third-order valence-electron chi connectivity index (χ3n) is 3.97. The number of nitrogens with one attached hydrogen (secondary N) is 2. The third-order valence-corrected chi connectivity index (χ3v) is 3.97. The largest absolute Gasteiger partial charge is 0.379 e. The highest BCUT2D eigenvalue weighted by Gasteiger charge is 2.09. The molecule has 1 aromatic rings. The molecule has 0 saturated carbocycles. The smallest absolute Gasteiger partial charge is 0.191 e. The number of aromatic nitrogens is 3. The number of hydrogen-bond acceptors (Lipinski definition) is 5. The van der Waals surface area contributed by atoms with E-state index in [1.165, 1.54) is 0 Å². The summed E-state index contributed by atoms with van der Waals surface area (Å²) >= 11 is 0. The SMILES string of the molecule is CCCN=C(NCCN1CCOCC1)NCCn1cnnc1CC.I. The Bertz CT molecular complexity index is 489. The lowest BCUT2D eigenvalue weighted by molar-refractivity contribution is 0.0389. The average Bonchev–Trinajstić information content (AvgIpc) is 3.07. The summed E-state index contributed by atoms with van der Waals surface area (Å²) in [5.41, 5.74) is 0. The van der Waals surface area contributed by atoms with Gasteiger partial charge in [0.05, 0.1) is 13.2 Å². The summed E-state index contributed by atoms with van der Waals surface area (Å²) in [5, 5.41) is 14.9. The molecule has 1 saturated heterocycles. The molecule has 9 heteroatoms. The maximum Gasteiger partial charge on any atom is 0.191 e. The van der Waals surface area contributed by atoms with Crippen LogP contribution in [-0.4, -0.2) is 78.1 Å². The molecule has 144 valence electrons. The van der Waals surface area contributed by atoms with Gasteiger partial charge in [-0.1, -0.05) is 13.8 Å². The second-order valence-corrected chi connectivity index (χ2v) is 5.83. The molecule has 1 aliphatic heterocycles. The second-order valence-electron chi connectivity index (χ2n) is 5.83. The molecule has 1 aromatic heterocycles. The molecule has 2 N–H and O–H groups in total. The van der Waals surface area contributed by atoms with Crippen LogP contribution in [0.3, 0.4) is 0 Å². The van der Waals surface area contributed by atoms with E-state index < -0.39 is 0 Å². The van der Waals surface area contributed by atoms with Gasteiger partial charge in [-0.25, -0.2) is 0 Å². The van der Waals surface area contributed by atoms with Crippen LogP contribution in [-0.2, 0) is 17.7 Å². The number of aliphatic imine (C=N–C) groups is 1. The zero-order chi connectivity index (χ0) is 17.0. The van der Waals surface area contributed by atoms with Crippen molar-refractivity contribution in [3.8, 4) is 0 Å². The first-order valence-corrected chi connectivity index (χ1v) is 9.02. The van der Waals surface area contributed by atoms with Gasteiger partial charge in [0.25, 0.3) is 0 Å². The zero-order valence-electron chi connectivity index (χ0n) is 15.4. The predicted molar refractivity (Wildman–Crippen MR) is 111 cm³/mol. The number of hydrogen-bond donors (Lipinski definition) is 2. The van der Waals surface area contributed by atoms with Gasteiger partial charge in [0.1, 0.15) is 12.2 Å². The van der Waals surface area contributed by atoms with Crippen LogP contribution in [0, 0.1) is 0 Å². The van der Waals surface area contributed by atoms with E-state index in [2.05, 4.69) is 49.1 Å². The van der Waals surface area contributed by atoms with Gasteiger partial charge in [-0.15, -0.1) is 34.2 Å². The molecule has 0 amide bonds. The number of rotatable bonds is 9. The van der Waals surface area contributed by atoms with E-state index in [4.69, 9.17) is 4.74 Å². The molecule has 2 rings (SSSR count). The fraction of sp³-hybridized carbons (Fsp3) is 0.812. The number of aryl methyl sites for hydroxylation is 1. The molecule has 0 radical (unpaired) electrons. The summed E-state index contributed by atoms with van der Waals surface area (Å²) in [4.78, 5) is 7.01. The Morgan fingerprint density at radius 3 is 2.60 bits per heavy atom. The molecule has 0 aliphatic carbocycles. The Hall–Kier alpha value is -0.940. The van der Waals surface area contributed by atoms with Crippen molar-refractivity contribution in [2.45, 2.75) is 33.2 Å². The van der Waals surface area contributed by atoms with Gasteiger partial charge in [-0.3, -0.25) is 9.89 Å².